The van der Waals surface area contributed by atoms with Gasteiger partial charge in [0.1, 0.15) is 5.82 Å². The summed E-state index contributed by atoms with van der Waals surface area (Å²) in [6.45, 7) is 9.19. The Morgan fingerprint density at radius 1 is 1.42 bits per heavy atom. The van der Waals surface area contributed by atoms with Gasteiger partial charge in [0.05, 0.1) is 0 Å². The number of thiophene rings is 1. The summed E-state index contributed by atoms with van der Waals surface area (Å²) in [5.41, 5.74) is 1.16. The van der Waals surface area contributed by atoms with Gasteiger partial charge < -0.3 is 5.32 Å². The van der Waals surface area contributed by atoms with Crippen molar-refractivity contribution in [1.82, 2.24) is 5.32 Å². The summed E-state index contributed by atoms with van der Waals surface area (Å²) in [6.07, 6.45) is 2.03. The molecule has 1 nitrogen and oxygen atoms in total. The number of fused-ring (bicyclic) bond motifs is 1. The van der Waals surface area contributed by atoms with Crippen molar-refractivity contribution >= 4 is 21.4 Å². The Labute approximate surface area is 118 Å². The maximum Gasteiger partial charge on any atom is 0.124 e. The molecule has 2 aromatic rings. The zero-order valence-corrected chi connectivity index (χ0v) is 12.3. The largest absolute Gasteiger partial charge is 0.309 e. The average molecular weight is 277 g/mol. The van der Waals surface area contributed by atoms with Gasteiger partial charge in [0.15, 0.2) is 0 Å². The van der Waals surface area contributed by atoms with Crippen molar-refractivity contribution in [3.8, 4) is 0 Å². The van der Waals surface area contributed by atoms with Crippen LogP contribution in [0, 0.1) is 5.82 Å². The Morgan fingerprint density at radius 2 is 2.21 bits per heavy atom. The number of nitrogens with one attached hydrogen (secondary N) is 1. The number of benzene rings is 1. The molecule has 0 radical (unpaired) electrons. The predicted molar refractivity (Wildman–Crippen MR) is 82.2 cm³/mol. The summed E-state index contributed by atoms with van der Waals surface area (Å²) in [4.78, 5) is 1.26. The molecular formula is C16H20FNS. The van der Waals surface area contributed by atoms with E-state index in [0.29, 0.717) is 0 Å². The molecule has 0 bridgehead atoms. The van der Waals surface area contributed by atoms with E-state index in [-0.39, 0.29) is 11.9 Å². The van der Waals surface area contributed by atoms with Crippen molar-refractivity contribution in [1.29, 1.82) is 0 Å². The molecule has 1 aromatic carbocycles. The van der Waals surface area contributed by atoms with E-state index in [0.717, 1.165) is 35.0 Å². The summed E-state index contributed by atoms with van der Waals surface area (Å²) < 4.78 is 14.3. The van der Waals surface area contributed by atoms with Crippen LogP contribution in [0.4, 0.5) is 4.39 Å². The second-order valence-electron chi connectivity index (χ2n) is 5.00. The lowest BCUT2D eigenvalue weighted by Crippen LogP contribution is -2.21. The normalized spacial score (nSPS) is 12.8. The first-order valence-electron chi connectivity index (χ1n) is 6.67. The molecule has 1 unspecified atom stereocenters. The minimum Gasteiger partial charge on any atom is -0.309 e. The molecule has 2 rings (SSSR count). The Kier molecular flexibility index (Phi) is 4.72. The fourth-order valence-corrected chi connectivity index (χ4v) is 3.30. The molecule has 1 N–H and O–H groups in total. The highest BCUT2D eigenvalue weighted by atomic mass is 32.1. The highest BCUT2D eigenvalue weighted by Gasteiger charge is 2.14. The molecule has 19 heavy (non-hydrogen) atoms. The third-order valence-electron chi connectivity index (χ3n) is 3.04. The van der Waals surface area contributed by atoms with Gasteiger partial charge in [0.25, 0.3) is 0 Å². The molecule has 102 valence electrons. The molecule has 0 amide bonds. The zero-order valence-electron chi connectivity index (χ0n) is 11.5. The van der Waals surface area contributed by atoms with Crippen LogP contribution in [0.3, 0.4) is 0 Å². The van der Waals surface area contributed by atoms with Crippen LogP contribution in [0.25, 0.3) is 10.1 Å². The van der Waals surface area contributed by atoms with E-state index < -0.39 is 0 Å². The van der Waals surface area contributed by atoms with E-state index in [1.807, 2.05) is 13.0 Å². The predicted octanol–water partition coefficient (Wildman–Crippen LogP) is 5.05. The molecule has 0 saturated carbocycles. The molecule has 3 heteroatoms. The number of halogens is 1. The third kappa shape index (κ3) is 3.64. The fraction of sp³-hybridized carbons (Fsp3) is 0.375. The summed E-state index contributed by atoms with van der Waals surface area (Å²) >= 11 is 1.67. The molecule has 0 fully saturated rings. The van der Waals surface area contributed by atoms with Crippen molar-refractivity contribution in [3.63, 3.8) is 0 Å². The zero-order chi connectivity index (χ0) is 13.8. The van der Waals surface area contributed by atoms with Crippen LogP contribution in [-0.4, -0.2) is 6.54 Å². The van der Waals surface area contributed by atoms with Gasteiger partial charge >= 0.3 is 0 Å². The lowest BCUT2D eigenvalue weighted by Gasteiger charge is -2.16. The van der Waals surface area contributed by atoms with Crippen molar-refractivity contribution in [2.45, 2.75) is 32.7 Å². The lowest BCUT2D eigenvalue weighted by molar-refractivity contribution is 0.535. The van der Waals surface area contributed by atoms with Crippen LogP contribution >= 0.6 is 11.3 Å². The lowest BCUT2D eigenvalue weighted by atomic mass is 10.1. The smallest absolute Gasteiger partial charge is 0.124 e. The summed E-state index contributed by atoms with van der Waals surface area (Å²) in [5.74, 6) is -0.168. The van der Waals surface area contributed by atoms with Crippen molar-refractivity contribution in [2.75, 3.05) is 6.54 Å². The maximum atomic E-state index is 13.2. The monoisotopic (exact) mass is 277 g/mol. The van der Waals surface area contributed by atoms with E-state index >= 15 is 0 Å². The summed E-state index contributed by atoms with van der Waals surface area (Å²) in [7, 11) is 0. The minimum atomic E-state index is -0.168. The molecule has 1 atom stereocenters. The van der Waals surface area contributed by atoms with Crippen LogP contribution in [0.5, 0.6) is 0 Å². The number of hydrogen-bond donors (Lipinski definition) is 1. The fourth-order valence-electron chi connectivity index (χ4n) is 2.14. The van der Waals surface area contributed by atoms with Crippen LogP contribution in [-0.2, 0) is 0 Å². The van der Waals surface area contributed by atoms with Gasteiger partial charge in [-0.2, -0.15) is 0 Å². The standard InChI is InChI=1S/C16H20FNS/c1-4-7-18-14(8-11(2)3)16-9-12-5-6-13(17)10-15(12)19-16/h5-6,9-10,14,18H,2,4,7-8H2,1,3H3. The molecule has 1 heterocycles. The van der Waals surface area contributed by atoms with Crippen molar-refractivity contribution in [3.05, 3.63) is 47.1 Å². The average Bonchev–Trinajstić information content (AvgIpc) is 2.76. The van der Waals surface area contributed by atoms with Crippen LogP contribution in [0.15, 0.2) is 36.4 Å². The van der Waals surface area contributed by atoms with Crippen LogP contribution in [0.2, 0.25) is 0 Å². The quantitative estimate of drug-likeness (QED) is 0.729. The van der Waals surface area contributed by atoms with E-state index in [1.54, 1.807) is 17.4 Å². The topological polar surface area (TPSA) is 12.0 Å². The summed E-state index contributed by atoms with van der Waals surface area (Å²) in [5, 5.41) is 4.67. The number of rotatable bonds is 6. The first kappa shape index (κ1) is 14.2. The van der Waals surface area contributed by atoms with E-state index in [4.69, 9.17) is 0 Å². The first-order chi connectivity index (χ1) is 9.10. The van der Waals surface area contributed by atoms with Crippen molar-refractivity contribution in [2.24, 2.45) is 0 Å². The third-order valence-corrected chi connectivity index (χ3v) is 4.25. The van der Waals surface area contributed by atoms with Gasteiger partial charge in [-0.25, -0.2) is 4.39 Å². The molecule has 0 aliphatic heterocycles. The summed E-state index contributed by atoms with van der Waals surface area (Å²) in [6, 6.07) is 7.43. The SMILES string of the molecule is C=C(C)CC(NCCC)c1cc2ccc(F)cc2s1. The Bertz CT molecular complexity index is 573. The highest BCUT2D eigenvalue weighted by molar-refractivity contribution is 7.19. The molecule has 0 aliphatic rings. The molecular weight excluding hydrogens is 257 g/mol. The van der Waals surface area contributed by atoms with E-state index in [2.05, 4.69) is 24.9 Å². The molecule has 0 aliphatic carbocycles. The molecule has 0 saturated heterocycles. The van der Waals surface area contributed by atoms with E-state index in [1.165, 1.54) is 10.9 Å². The first-order valence-corrected chi connectivity index (χ1v) is 7.48. The van der Waals surface area contributed by atoms with Gasteiger partial charge in [-0.05, 0) is 49.9 Å². The van der Waals surface area contributed by atoms with Gasteiger partial charge in [-0.15, -0.1) is 17.9 Å². The maximum absolute atomic E-state index is 13.2. The van der Waals surface area contributed by atoms with Gasteiger partial charge in [0, 0.05) is 15.6 Å². The Hall–Kier alpha value is -1.19. The Balaban J connectivity index is 2.29. The second kappa shape index (κ2) is 6.31. The second-order valence-corrected chi connectivity index (χ2v) is 6.11. The Morgan fingerprint density at radius 3 is 2.89 bits per heavy atom. The number of hydrogen-bond acceptors (Lipinski definition) is 2. The molecule has 0 spiro atoms. The van der Waals surface area contributed by atoms with Gasteiger partial charge in [0.2, 0.25) is 0 Å². The van der Waals surface area contributed by atoms with Gasteiger partial charge in [-0.1, -0.05) is 18.6 Å². The highest BCUT2D eigenvalue weighted by Crippen LogP contribution is 2.32. The van der Waals surface area contributed by atoms with E-state index in [9.17, 15) is 4.39 Å². The molecule has 1 aromatic heterocycles. The van der Waals surface area contributed by atoms with Crippen LogP contribution < -0.4 is 5.32 Å². The van der Waals surface area contributed by atoms with Gasteiger partial charge in [-0.3, -0.25) is 0 Å². The van der Waals surface area contributed by atoms with Crippen LogP contribution in [0.1, 0.15) is 37.6 Å². The van der Waals surface area contributed by atoms with Crippen molar-refractivity contribution < 1.29 is 4.39 Å². The minimum absolute atomic E-state index is 0.168.